The van der Waals surface area contributed by atoms with Crippen molar-refractivity contribution in [3.8, 4) is 5.75 Å². The van der Waals surface area contributed by atoms with Crippen LogP contribution < -0.4 is 4.74 Å². The average Bonchev–Trinajstić information content (AvgIpc) is 2.06. The van der Waals surface area contributed by atoms with Gasteiger partial charge in [0, 0.05) is 0 Å². The van der Waals surface area contributed by atoms with E-state index in [9.17, 15) is 13.2 Å². The third kappa shape index (κ3) is 3.15. The van der Waals surface area contributed by atoms with Crippen LogP contribution >= 0.6 is 15.9 Å². The predicted octanol–water partition coefficient (Wildman–Crippen LogP) is 2.24. The molecule has 0 aliphatic rings. The SMILES string of the molecule is OCc1ccc(OC(F)(F)F)c(Br)n1. The number of hydrogen-bond acceptors (Lipinski definition) is 3. The van der Waals surface area contributed by atoms with Gasteiger partial charge in [-0.2, -0.15) is 0 Å². The molecular weight excluding hydrogens is 267 g/mol. The van der Waals surface area contributed by atoms with Crippen LogP contribution in [0.25, 0.3) is 0 Å². The first-order valence-corrected chi connectivity index (χ1v) is 4.23. The van der Waals surface area contributed by atoms with E-state index in [-0.39, 0.29) is 16.9 Å². The summed E-state index contributed by atoms with van der Waals surface area (Å²) < 4.78 is 38.9. The van der Waals surface area contributed by atoms with E-state index < -0.39 is 12.1 Å². The molecule has 0 aliphatic carbocycles. The first kappa shape index (κ1) is 11.3. The minimum atomic E-state index is -4.75. The number of pyridine rings is 1. The minimum Gasteiger partial charge on any atom is -0.403 e. The Balaban J connectivity index is 2.89. The topological polar surface area (TPSA) is 42.4 Å². The van der Waals surface area contributed by atoms with Crippen LogP contribution in [0.4, 0.5) is 13.2 Å². The van der Waals surface area contributed by atoms with Crippen molar-refractivity contribution in [1.29, 1.82) is 0 Å². The molecule has 3 nitrogen and oxygen atoms in total. The van der Waals surface area contributed by atoms with E-state index in [1.54, 1.807) is 0 Å². The summed E-state index contributed by atoms with van der Waals surface area (Å²) in [5.74, 6) is -0.435. The molecular formula is C7H5BrF3NO2. The van der Waals surface area contributed by atoms with Gasteiger partial charge in [0.2, 0.25) is 0 Å². The Bertz CT molecular complexity index is 329. The van der Waals surface area contributed by atoms with Crippen molar-refractivity contribution in [3.05, 3.63) is 22.4 Å². The predicted molar refractivity (Wildman–Crippen MR) is 44.5 cm³/mol. The molecule has 0 atom stereocenters. The van der Waals surface area contributed by atoms with Gasteiger partial charge in [0.1, 0.15) is 4.60 Å². The number of nitrogens with zero attached hydrogens (tertiary/aromatic N) is 1. The lowest BCUT2D eigenvalue weighted by atomic mass is 10.3. The lowest BCUT2D eigenvalue weighted by Gasteiger charge is -2.10. The smallest absolute Gasteiger partial charge is 0.403 e. The molecule has 0 spiro atoms. The molecule has 0 unspecified atom stereocenters. The van der Waals surface area contributed by atoms with Gasteiger partial charge in [-0.1, -0.05) is 0 Å². The number of rotatable bonds is 2. The summed E-state index contributed by atoms with van der Waals surface area (Å²) in [6.07, 6.45) is -4.75. The van der Waals surface area contributed by atoms with E-state index in [4.69, 9.17) is 5.11 Å². The van der Waals surface area contributed by atoms with Gasteiger partial charge in [-0.3, -0.25) is 0 Å². The summed E-state index contributed by atoms with van der Waals surface area (Å²) in [7, 11) is 0. The molecule has 14 heavy (non-hydrogen) atoms. The highest BCUT2D eigenvalue weighted by molar-refractivity contribution is 9.10. The largest absolute Gasteiger partial charge is 0.573 e. The first-order chi connectivity index (χ1) is 6.42. The summed E-state index contributed by atoms with van der Waals surface area (Å²) >= 11 is 2.79. The van der Waals surface area contributed by atoms with E-state index >= 15 is 0 Å². The highest BCUT2D eigenvalue weighted by atomic mass is 79.9. The lowest BCUT2D eigenvalue weighted by Crippen LogP contribution is -2.17. The van der Waals surface area contributed by atoms with Gasteiger partial charge < -0.3 is 9.84 Å². The number of aromatic nitrogens is 1. The Kier molecular flexibility index (Phi) is 3.33. The van der Waals surface area contributed by atoms with E-state index in [1.807, 2.05) is 0 Å². The summed E-state index contributed by atoms with van der Waals surface area (Å²) in [6, 6.07) is 2.32. The van der Waals surface area contributed by atoms with Crippen molar-refractivity contribution in [2.75, 3.05) is 0 Å². The highest BCUT2D eigenvalue weighted by Crippen LogP contribution is 2.28. The van der Waals surface area contributed by atoms with Gasteiger partial charge in [0.15, 0.2) is 5.75 Å². The Morgan fingerprint density at radius 3 is 2.50 bits per heavy atom. The van der Waals surface area contributed by atoms with E-state index in [0.717, 1.165) is 6.07 Å². The zero-order chi connectivity index (χ0) is 10.8. The summed E-state index contributed by atoms with van der Waals surface area (Å²) in [5, 5.41) is 8.64. The van der Waals surface area contributed by atoms with Gasteiger partial charge in [-0.25, -0.2) is 4.98 Å². The molecule has 78 valence electrons. The van der Waals surface area contributed by atoms with Crippen molar-refractivity contribution >= 4 is 15.9 Å². The van der Waals surface area contributed by atoms with Crippen LogP contribution in [-0.4, -0.2) is 16.5 Å². The zero-order valence-corrected chi connectivity index (χ0v) is 8.26. The van der Waals surface area contributed by atoms with Crippen molar-refractivity contribution in [2.45, 2.75) is 13.0 Å². The van der Waals surface area contributed by atoms with E-state index in [2.05, 4.69) is 25.7 Å². The molecule has 1 N–H and O–H groups in total. The molecule has 7 heteroatoms. The molecule has 0 fully saturated rings. The number of aliphatic hydroxyl groups is 1. The number of alkyl halides is 3. The number of halogens is 4. The Hall–Kier alpha value is -0.820. The van der Waals surface area contributed by atoms with Crippen molar-refractivity contribution in [3.63, 3.8) is 0 Å². The first-order valence-electron chi connectivity index (χ1n) is 3.44. The van der Waals surface area contributed by atoms with Gasteiger partial charge >= 0.3 is 6.36 Å². The fourth-order valence-electron chi connectivity index (χ4n) is 0.748. The normalized spacial score (nSPS) is 11.5. The number of ether oxygens (including phenoxy) is 1. The Morgan fingerprint density at radius 1 is 1.43 bits per heavy atom. The summed E-state index contributed by atoms with van der Waals surface area (Å²) in [6.45, 7) is -0.342. The zero-order valence-electron chi connectivity index (χ0n) is 6.68. The monoisotopic (exact) mass is 271 g/mol. The minimum absolute atomic E-state index is 0.0959. The van der Waals surface area contributed by atoms with Crippen molar-refractivity contribution in [1.82, 2.24) is 4.98 Å². The fourth-order valence-corrected chi connectivity index (χ4v) is 1.19. The maximum atomic E-state index is 11.8. The lowest BCUT2D eigenvalue weighted by molar-refractivity contribution is -0.275. The molecule has 0 aromatic carbocycles. The molecule has 0 radical (unpaired) electrons. The molecule has 0 aliphatic heterocycles. The molecule has 0 saturated carbocycles. The second-order valence-electron chi connectivity index (χ2n) is 2.30. The number of hydrogen-bond donors (Lipinski definition) is 1. The average molecular weight is 272 g/mol. The third-order valence-corrected chi connectivity index (χ3v) is 1.83. The van der Waals surface area contributed by atoms with Gasteiger partial charge in [-0.05, 0) is 28.1 Å². The molecule has 0 amide bonds. The van der Waals surface area contributed by atoms with Crippen LogP contribution in [-0.2, 0) is 6.61 Å². The maximum absolute atomic E-state index is 11.8. The quantitative estimate of drug-likeness (QED) is 0.839. The van der Waals surface area contributed by atoms with E-state index in [0.29, 0.717) is 0 Å². The third-order valence-electron chi connectivity index (χ3n) is 1.26. The van der Waals surface area contributed by atoms with E-state index in [1.165, 1.54) is 6.07 Å². The molecule has 1 aromatic rings. The molecule has 0 saturated heterocycles. The summed E-state index contributed by atoms with van der Waals surface area (Å²) in [5.41, 5.74) is 0.256. The Labute approximate surface area is 85.7 Å². The maximum Gasteiger partial charge on any atom is 0.573 e. The second kappa shape index (κ2) is 4.14. The molecule has 0 bridgehead atoms. The van der Waals surface area contributed by atoms with Crippen LogP contribution in [0.1, 0.15) is 5.69 Å². The second-order valence-corrected chi connectivity index (χ2v) is 3.05. The Morgan fingerprint density at radius 2 is 2.07 bits per heavy atom. The summed E-state index contributed by atoms with van der Waals surface area (Å²) in [4.78, 5) is 3.62. The van der Waals surface area contributed by atoms with Gasteiger partial charge in [0.05, 0.1) is 12.3 Å². The molecule has 1 rings (SSSR count). The molecule has 1 heterocycles. The van der Waals surface area contributed by atoms with Crippen LogP contribution in [0.3, 0.4) is 0 Å². The van der Waals surface area contributed by atoms with Crippen LogP contribution in [0.15, 0.2) is 16.7 Å². The molecule has 1 aromatic heterocycles. The van der Waals surface area contributed by atoms with Gasteiger partial charge in [-0.15, -0.1) is 13.2 Å². The van der Waals surface area contributed by atoms with Crippen molar-refractivity contribution < 1.29 is 23.0 Å². The number of aliphatic hydroxyl groups excluding tert-OH is 1. The van der Waals surface area contributed by atoms with Crippen LogP contribution in [0.5, 0.6) is 5.75 Å². The fraction of sp³-hybridized carbons (Fsp3) is 0.286. The van der Waals surface area contributed by atoms with Crippen LogP contribution in [0.2, 0.25) is 0 Å². The van der Waals surface area contributed by atoms with Gasteiger partial charge in [0.25, 0.3) is 0 Å². The van der Waals surface area contributed by atoms with Crippen LogP contribution in [0, 0.1) is 0 Å². The highest BCUT2D eigenvalue weighted by Gasteiger charge is 2.32. The van der Waals surface area contributed by atoms with Crippen molar-refractivity contribution in [2.24, 2.45) is 0 Å². The standard InChI is InChI=1S/C7H5BrF3NO2/c8-6-5(14-7(9,10)11)2-1-4(3-13)12-6/h1-2,13H,3H2.